The number of H-pyrrole nitrogens is 1. The largest absolute Gasteiger partial charge is 0.451 e. The number of rotatable bonds is 5. The van der Waals surface area contributed by atoms with E-state index in [1.54, 1.807) is 18.2 Å². The molecule has 2 N–H and O–H groups in total. The zero-order valence-corrected chi connectivity index (χ0v) is 15.1. The van der Waals surface area contributed by atoms with E-state index in [9.17, 15) is 24.1 Å². The van der Waals surface area contributed by atoms with Crippen molar-refractivity contribution in [1.29, 1.82) is 0 Å². The highest BCUT2D eigenvalue weighted by Crippen LogP contribution is 2.28. The third kappa shape index (κ3) is 3.95. The van der Waals surface area contributed by atoms with Crippen molar-refractivity contribution in [3.63, 3.8) is 0 Å². The van der Waals surface area contributed by atoms with Gasteiger partial charge >= 0.3 is 11.7 Å². The first-order chi connectivity index (χ1) is 12.9. The lowest BCUT2D eigenvalue weighted by Gasteiger charge is -2.06. The summed E-state index contributed by atoms with van der Waals surface area (Å²) in [5.41, 5.74) is 0.114. The molecule has 27 heavy (non-hydrogen) atoms. The molecule has 0 atom stereocenters. The van der Waals surface area contributed by atoms with E-state index >= 15 is 0 Å². The van der Waals surface area contributed by atoms with Gasteiger partial charge in [-0.25, -0.2) is 4.79 Å². The van der Waals surface area contributed by atoms with E-state index in [-0.39, 0.29) is 11.4 Å². The number of nitrogens with one attached hydrogen (secondary N) is 2. The lowest BCUT2D eigenvalue weighted by Crippen LogP contribution is -2.21. The maximum atomic E-state index is 13.3. The SMILES string of the molecule is O=C(COC(=O)c1[nH]c2ccccc2c1Br)Nc1ccc(F)c([N+](=O)[O-])c1. The van der Waals surface area contributed by atoms with E-state index in [0.717, 1.165) is 29.1 Å². The fourth-order valence-electron chi connectivity index (χ4n) is 2.38. The third-order valence-corrected chi connectivity index (χ3v) is 4.43. The number of aromatic amines is 1. The predicted molar refractivity (Wildman–Crippen MR) is 98.0 cm³/mol. The smallest absolute Gasteiger partial charge is 0.356 e. The summed E-state index contributed by atoms with van der Waals surface area (Å²) in [6.45, 7) is -0.619. The molecule has 0 aliphatic carbocycles. The number of nitro benzene ring substituents is 1. The van der Waals surface area contributed by atoms with Gasteiger partial charge in [-0.15, -0.1) is 0 Å². The van der Waals surface area contributed by atoms with E-state index in [0.29, 0.717) is 4.47 Å². The minimum atomic E-state index is -1.02. The first kappa shape index (κ1) is 18.5. The van der Waals surface area contributed by atoms with Crippen LogP contribution in [-0.2, 0) is 9.53 Å². The second-order valence-electron chi connectivity index (χ2n) is 5.41. The van der Waals surface area contributed by atoms with E-state index < -0.39 is 34.9 Å². The maximum absolute atomic E-state index is 13.3. The van der Waals surface area contributed by atoms with Crippen molar-refractivity contribution in [2.45, 2.75) is 0 Å². The van der Waals surface area contributed by atoms with Crippen LogP contribution in [0.2, 0.25) is 0 Å². The number of hydrogen-bond acceptors (Lipinski definition) is 5. The van der Waals surface area contributed by atoms with Gasteiger partial charge in [0.05, 0.1) is 9.40 Å². The van der Waals surface area contributed by atoms with Crippen LogP contribution in [0, 0.1) is 15.9 Å². The number of benzene rings is 2. The Labute approximate surface area is 159 Å². The molecule has 0 radical (unpaired) electrons. The lowest BCUT2D eigenvalue weighted by atomic mass is 10.2. The monoisotopic (exact) mass is 435 g/mol. The topological polar surface area (TPSA) is 114 Å². The van der Waals surface area contributed by atoms with Crippen LogP contribution in [0.3, 0.4) is 0 Å². The number of amides is 1. The zero-order chi connectivity index (χ0) is 19.6. The standard InChI is InChI=1S/C17H11BrFN3O5/c18-15-10-3-1-2-4-12(10)21-16(15)17(24)27-8-14(23)20-9-5-6-11(19)13(7-9)22(25)26/h1-7,21H,8H2,(H,20,23). The molecule has 2 aromatic carbocycles. The van der Waals surface area contributed by atoms with Crippen molar-refractivity contribution < 1.29 is 23.6 Å². The molecule has 0 unspecified atom stereocenters. The van der Waals surface area contributed by atoms with Gasteiger partial charge in [0.1, 0.15) is 5.69 Å². The van der Waals surface area contributed by atoms with Crippen molar-refractivity contribution >= 4 is 50.1 Å². The summed E-state index contributed by atoms with van der Waals surface area (Å²) in [7, 11) is 0. The van der Waals surface area contributed by atoms with Gasteiger partial charge in [-0.3, -0.25) is 14.9 Å². The molecule has 1 aromatic heterocycles. The normalized spacial score (nSPS) is 10.6. The summed E-state index contributed by atoms with van der Waals surface area (Å²) in [6.07, 6.45) is 0. The van der Waals surface area contributed by atoms with Crippen LogP contribution < -0.4 is 5.32 Å². The van der Waals surface area contributed by atoms with Crippen LogP contribution in [0.15, 0.2) is 46.9 Å². The molecule has 0 aliphatic rings. The second-order valence-corrected chi connectivity index (χ2v) is 6.20. The molecule has 0 aliphatic heterocycles. The Hall–Kier alpha value is -3.27. The Bertz CT molecular complexity index is 1070. The molecule has 0 saturated heterocycles. The molecule has 138 valence electrons. The van der Waals surface area contributed by atoms with Gasteiger partial charge in [-0.05, 0) is 34.1 Å². The Morgan fingerprint density at radius 1 is 1.26 bits per heavy atom. The minimum absolute atomic E-state index is 0.0101. The summed E-state index contributed by atoms with van der Waals surface area (Å²) >= 11 is 3.31. The van der Waals surface area contributed by atoms with Crippen LogP contribution in [-0.4, -0.2) is 28.4 Å². The number of ether oxygens (including phenoxy) is 1. The number of anilines is 1. The van der Waals surface area contributed by atoms with Gasteiger partial charge in [-0.1, -0.05) is 18.2 Å². The summed E-state index contributed by atoms with van der Waals surface area (Å²) < 4.78 is 18.8. The highest BCUT2D eigenvalue weighted by atomic mass is 79.9. The van der Waals surface area contributed by atoms with Crippen LogP contribution in [0.4, 0.5) is 15.8 Å². The Balaban J connectivity index is 1.65. The molecule has 0 spiro atoms. The quantitative estimate of drug-likeness (QED) is 0.359. The maximum Gasteiger partial charge on any atom is 0.356 e. The van der Waals surface area contributed by atoms with Crippen LogP contribution >= 0.6 is 15.9 Å². The van der Waals surface area contributed by atoms with Crippen LogP contribution in [0.25, 0.3) is 10.9 Å². The number of para-hydroxylation sites is 1. The number of esters is 1. The van der Waals surface area contributed by atoms with Crippen molar-refractivity contribution in [1.82, 2.24) is 4.98 Å². The van der Waals surface area contributed by atoms with E-state index in [4.69, 9.17) is 4.74 Å². The Kier molecular flexibility index (Phi) is 5.17. The number of carbonyl (C=O) groups excluding carboxylic acids is 2. The Morgan fingerprint density at radius 2 is 2.00 bits per heavy atom. The molecular weight excluding hydrogens is 425 g/mol. The van der Waals surface area contributed by atoms with Crippen molar-refractivity contribution in [3.8, 4) is 0 Å². The van der Waals surface area contributed by atoms with Gasteiger partial charge in [0.15, 0.2) is 6.61 Å². The van der Waals surface area contributed by atoms with Crippen molar-refractivity contribution in [3.05, 3.63) is 68.6 Å². The zero-order valence-electron chi connectivity index (χ0n) is 13.5. The molecule has 1 heterocycles. The number of fused-ring (bicyclic) bond motifs is 1. The molecule has 0 fully saturated rings. The average molecular weight is 436 g/mol. The third-order valence-electron chi connectivity index (χ3n) is 3.61. The van der Waals surface area contributed by atoms with Crippen LogP contribution in [0.1, 0.15) is 10.5 Å². The summed E-state index contributed by atoms with van der Waals surface area (Å²) in [5.74, 6) is -2.50. The number of carbonyl (C=O) groups is 2. The molecule has 8 nitrogen and oxygen atoms in total. The first-order valence-electron chi connectivity index (χ1n) is 7.54. The minimum Gasteiger partial charge on any atom is -0.451 e. The molecular formula is C17H11BrFN3O5. The van der Waals surface area contributed by atoms with Crippen LogP contribution in [0.5, 0.6) is 0 Å². The number of nitrogens with zero attached hydrogens (tertiary/aromatic N) is 1. The molecule has 3 aromatic rings. The number of nitro groups is 1. The fraction of sp³-hybridized carbons (Fsp3) is 0.0588. The van der Waals surface area contributed by atoms with Crippen molar-refractivity contribution in [2.24, 2.45) is 0 Å². The molecule has 1 amide bonds. The summed E-state index contributed by atoms with van der Waals surface area (Å²) in [4.78, 5) is 36.8. The number of aromatic nitrogens is 1. The summed E-state index contributed by atoms with van der Waals surface area (Å²) in [5, 5.41) is 13.8. The van der Waals surface area contributed by atoms with E-state index in [1.807, 2.05) is 6.07 Å². The highest BCUT2D eigenvalue weighted by Gasteiger charge is 2.19. The van der Waals surface area contributed by atoms with E-state index in [2.05, 4.69) is 26.2 Å². The molecule has 3 rings (SSSR count). The Morgan fingerprint density at radius 3 is 2.70 bits per heavy atom. The van der Waals surface area contributed by atoms with Gasteiger partial charge in [0.2, 0.25) is 5.82 Å². The van der Waals surface area contributed by atoms with Gasteiger partial charge < -0.3 is 15.0 Å². The predicted octanol–water partition coefficient (Wildman–Crippen LogP) is 3.77. The first-order valence-corrected chi connectivity index (χ1v) is 8.33. The fourth-order valence-corrected chi connectivity index (χ4v) is 2.99. The number of hydrogen-bond donors (Lipinski definition) is 2. The molecule has 0 bridgehead atoms. The average Bonchev–Trinajstić information content (AvgIpc) is 2.98. The number of halogens is 2. The lowest BCUT2D eigenvalue weighted by molar-refractivity contribution is -0.387. The van der Waals surface area contributed by atoms with Gasteiger partial charge in [0.25, 0.3) is 5.91 Å². The van der Waals surface area contributed by atoms with Gasteiger partial charge in [-0.2, -0.15) is 4.39 Å². The van der Waals surface area contributed by atoms with E-state index in [1.165, 1.54) is 0 Å². The molecule has 0 saturated carbocycles. The molecule has 10 heteroatoms. The van der Waals surface area contributed by atoms with Crippen molar-refractivity contribution in [2.75, 3.05) is 11.9 Å². The highest BCUT2D eigenvalue weighted by molar-refractivity contribution is 9.10. The van der Waals surface area contributed by atoms with Gasteiger partial charge in [0, 0.05) is 22.7 Å². The second kappa shape index (κ2) is 7.54. The summed E-state index contributed by atoms with van der Waals surface area (Å²) in [6, 6.07) is 10.1.